The largest absolute Gasteiger partial charge is 0.462 e. The van der Waals surface area contributed by atoms with Crippen molar-refractivity contribution in [2.45, 2.75) is 393 Å². The van der Waals surface area contributed by atoms with Crippen molar-refractivity contribution in [1.29, 1.82) is 0 Å². The molecule has 0 heterocycles. The lowest BCUT2D eigenvalue weighted by molar-refractivity contribution is -0.167. The van der Waals surface area contributed by atoms with Gasteiger partial charge >= 0.3 is 17.9 Å². The molecule has 1 atom stereocenters. The van der Waals surface area contributed by atoms with Crippen LogP contribution < -0.4 is 0 Å². The molecule has 0 bridgehead atoms. The van der Waals surface area contributed by atoms with Gasteiger partial charge in [0.05, 0.1) is 0 Å². The van der Waals surface area contributed by atoms with E-state index in [-0.39, 0.29) is 31.1 Å². The predicted molar refractivity (Wildman–Crippen MR) is 330 cm³/mol. The lowest BCUT2D eigenvalue weighted by atomic mass is 10.0. The Kier molecular flexibility index (Phi) is 63.6. The molecule has 76 heavy (non-hydrogen) atoms. The molecule has 0 radical (unpaired) electrons. The second-order valence-corrected chi connectivity index (χ2v) is 23.5. The summed E-state index contributed by atoms with van der Waals surface area (Å²) in [5, 5.41) is 0. The SMILES string of the molecule is CCCCCCC/C=C\C/C=C\CCCCCCCCCCCCCCCCCCCCCCCC(=O)OCC(COC(=O)CCCCCCCC)OC(=O)CCCCCCCCCCCCCCCCCCCCC. The first-order valence-corrected chi connectivity index (χ1v) is 34.3. The minimum atomic E-state index is -0.763. The van der Waals surface area contributed by atoms with Crippen molar-refractivity contribution < 1.29 is 28.6 Å². The van der Waals surface area contributed by atoms with Crippen molar-refractivity contribution >= 4 is 17.9 Å². The lowest BCUT2D eigenvalue weighted by Gasteiger charge is -2.18. The van der Waals surface area contributed by atoms with Crippen LogP contribution in [0, 0.1) is 0 Å². The van der Waals surface area contributed by atoms with Crippen molar-refractivity contribution in [1.82, 2.24) is 0 Å². The topological polar surface area (TPSA) is 78.9 Å². The van der Waals surface area contributed by atoms with E-state index in [1.807, 2.05) is 0 Å². The number of unbranched alkanes of at least 4 members (excludes halogenated alkanes) is 49. The number of allylic oxidation sites excluding steroid dienone is 4. The fourth-order valence-electron chi connectivity index (χ4n) is 10.5. The molecule has 0 aromatic heterocycles. The van der Waals surface area contributed by atoms with Gasteiger partial charge in [0, 0.05) is 19.3 Å². The maximum atomic E-state index is 12.8. The van der Waals surface area contributed by atoms with Gasteiger partial charge in [-0.3, -0.25) is 14.4 Å². The zero-order chi connectivity index (χ0) is 55.0. The maximum absolute atomic E-state index is 12.8. The van der Waals surface area contributed by atoms with E-state index in [4.69, 9.17) is 14.2 Å². The zero-order valence-electron chi connectivity index (χ0n) is 51.6. The highest BCUT2D eigenvalue weighted by molar-refractivity contribution is 5.71. The number of hydrogen-bond donors (Lipinski definition) is 0. The molecule has 0 saturated heterocycles. The van der Waals surface area contributed by atoms with Gasteiger partial charge in [0.25, 0.3) is 0 Å². The Hall–Kier alpha value is -2.11. The molecule has 0 aromatic carbocycles. The Labute approximate surface area is 474 Å². The zero-order valence-corrected chi connectivity index (χ0v) is 51.6. The molecule has 0 aliphatic carbocycles. The number of rotatable bonds is 64. The molecule has 1 unspecified atom stereocenters. The first-order valence-electron chi connectivity index (χ1n) is 34.3. The van der Waals surface area contributed by atoms with Crippen LogP contribution in [-0.4, -0.2) is 37.2 Å². The molecular weight excluding hydrogens is 937 g/mol. The third-order valence-corrected chi connectivity index (χ3v) is 15.7. The third kappa shape index (κ3) is 62.7. The third-order valence-electron chi connectivity index (χ3n) is 15.7. The van der Waals surface area contributed by atoms with Crippen molar-refractivity contribution in [3.05, 3.63) is 24.3 Å². The summed E-state index contributed by atoms with van der Waals surface area (Å²) in [7, 11) is 0. The molecule has 0 spiro atoms. The Morgan fingerprint density at radius 2 is 0.474 bits per heavy atom. The summed E-state index contributed by atoms with van der Waals surface area (Å²) in [5.41, 5.74) is 0. The number of ether oxygens (including phenoxy) is 3. The highest BCUT2D eigenvalue weighted by atomic mass is 16.6. The van der Waals surface area contributed by atoms with Crippen molar-refractivity contribution in [2.75, 3.05) is 13.2 Å². The van der Waals surface area contributed by atoms with E-state index < -0.39 is 6.10 Å². The van der Waals surface area contributed by atoms with Crippen LogP contribution in [0.3, 0.4) is 0 Å². The van der Waals surface area contributed by atoms with Crippen LogP contribution in [0.2, 0.25) is 0 Å². The summed E-state index contributed by atoms with van der Waals surface area (Å²) in [6, 6.07) is 0. The minimum Gasteiger partial charge on any atom is -0.462 e. The van der Waals surface area contributed by atoms with Crippen LogP contribution in [0.5, 0.6) is 0 Å². The Balaban J connectivity index is 3.92. The molecular formula is C70H132O6. The number of carbonyl (C=O) groups excluding carboxylic acids is 3. The van der Waals surface area contributed by atoms with E-state index in [2.05, 4.69) is 45.1 Å². The highest BCUT2D eigenvalue weighted by Crippen LogP contribution is 2.19. The molecule has 0 saturated carbocycles. The molecule has 6 heteroatoms. The van der Waals surface area contributed by atoms with Crippen LogP contribution in [-0.2, 0) is 28.6 Å². The summed E-state index contributed by atoms with van der Waals surface area (Å²) in [6.45, 7) is 6.64. The second-order valence-electron chi connectivity index (χ2n) is 23.5. The van der Waals surface area contributed by atoms with Crippen LogP contribution in [0.15, 0.2) is 24.3 Å². The number of hydrogen-bond acceptors (Lipinski definition) is 6. The smallest absolute Gasteiger partial charge is 0.306 e. The summed E-state index contributed by atoms with van der Waals surface area (Å²) in [5.74, 6) is -0.846. The average molecular weight is 1070 g/mol. The van der Waals surface area contributed by atoms with Crippen molar-refractivity contribution in [2.24, 2.45) is 0 Å². The van der Waals surface area contributed by atoms with E-state index in [1.54, 1.807) is 0 Å². The summed E-state index contributed by atoms with van der Waals surface area (Å²) in [6.07, 6.45) is 79.7. The van der Waals surface area contributed by atoms with Gasteiger partial charge in [0.2, 0.25) is 0 Å². The Bertz CT molecular complexity index is 1230. The van der Waals surface area contributed by atoms with E-state index in [1.165, 1.54) is 283 Å². The molecule has 0 N–H and O–H groups in total. The van der Waals surface area contributed by atoms with Gasteiger partial charge in [-0.1, -0.05) is 340 Å². The molecule has 0 rings (SSSR count). The first kappa shape index (κ1) is 73.9. The average Bonchev–Trinajstić information content (AvgIpc) is 3.42. The van der Waals surface area contributed by atoms with E-state index in [0.29, 0.717) is 19.3 Å². The predicted octanol–water partition coefficient (Wildman–Crippen LogP) is 23.4. The monoisotopic (exact) mass is 1070 g/mol. The lowest BCUT2D eigenvalue weighted by Crippen LogP contribution is -2.30. The molecule has 0 aliphatic rings. The fraction of sp³-hybridized carbons (Fsp3) is 0.900. The van der Waals surface area contributed by atoms with Crippen LogP contribution in [0.1, 0.15) is 387 Å². The van der Waals surface area contributed by atoms with Gasteiger partial charge in [0.1, 0.15) is 13.2 Å². The number of esters is 3. The van der Waals surface area contributed by atoms with Gasteiger partial charge < -0.3 is 14.2 Å². The van der Waals surface area contributed by atoms with E-state index >= 15 is 0 Å². The first-order chi connectivity index (χ1) is 37.5. The second kappa shape index (κ2) is 65.4. The molecule has 0 aliphatic heterocycles. The van der Waals surface area contributed by atoms with E-state index in [9.17, 15) is 14.4 Å². The van der Waals surface area contributed by atoms with Gasteiger partial charge in [0.15, 0.2) is 6.10 Å². The quantitative estimate of drug-likeness (QED) is 0.0261. The van der Waals surface area contributed by atoms with Gasteiger partial charge in [-0.2, -0.15) is 0 Å². The standard InChI is InChI=1S/C70H132O6/c1-4-7-10-13-16-18-20-22-24-26-28-29-30-31-32-33-34-35-36-37-38-39-40-41-43-44-46-48-50-52-54-57-60-63-69(72)75-66-67(65-74-68(71)62-59-56-15-12-9-6-3)76-70(73)64-61-58-55-53-51-49-47-45-42-27-25-23-21-19-17-14-11-8-5-2/h20,22,26,28,67H,4-19,21,23-25,27,29-66H2,1-3H3/b22-20-,28-26-. The molecule has 0 fully saturated rings. The van der Waals surface area contributed by atoms with Gasteiger partial charge in [-0.25, -0.2) is 0 Å². The van der Waals surface area contributed by atoms with E-state index in [0.717, 1.165) is 64.2 Å². The van der Waals surface area contributed by atoms with Crippen molar-refractivity contribution in [3.8, 4) is 0 Å². The van der Waals surface area contributed by atoms with Crippen molar-refractivity contribution in [3.63, 3.8) is 0 Å². The van der Waals surface area contributed by atoms with Crippen LogP contribution in [0.4, 0.5) is 0 Å². The summed E-state index contributed by atoms with van der Waals surface area (Å²) >= 11 is 0. The Morgan fingerprint density at radius 3 is 0.724 bits per heavy atom. The fourth-order valence-corrected chi connectivity index (χ4v) is 10.5. The molecule has 448 valence electrons. The highest BCUT2D eigenvalue weighted by Gasteiger charge is 2.19. The normalized spacial score (nSPS) is 12.1. The van der Waals surface area contributed by atoms with Crippen LogP contribution >= 0.6 is 0 Å². The summed E-state index contributed by atoms with van der Waals surface area (Å²) < 4.78 is 16.8. The maximum Gasteiger partial charge on any atom is 0.306 e. The van der Waals surface area contributed by atoms with Gasteiger partial charge in [-0.15, -0.1) is 0 Å². The Morgan fingerprint density at radius 1 is 0.263 bits per heavy atom. The molecule has 6 nitrogen and oxygen atoms in total. The minimum absolute atomic E-state index is 0.0642. The van der Waals surface area contributed by atoms with Gasteiger partial charge in [-0.05, 0) is 51.4 Å². The van der Waals surface area contributed by atoms with Crippen LogP contribution in [0.25, 0.3) is 0 Å². The summed E-state index contributed by atoms with van der Waals surface area (Å²) in [4.78, 5) is 38.0. The number of carbonyl (C=O) groups is 3. The molecule has 0 amide bonds. The molecule has 0 aromatic rings.